The van der Waals surface area contributed by atoms with Crippen LogP contribution in [-0.2, 0) is 10.0 Å². The Labute approximate surface area is 136 Å². The van der Waals surface area contributed by atoms with Gasteiger partial charge in [0.25, 0.3) is 0 Å². The Morgan fingerprint density at radius 3 is 2.29 bits per heavy atom. The minimum atomic E-state index is -3.67. The summed E-state index contributed by atoms with van der Waals surface area (Å²) >= 11 is 3.31. The summed E-state index contributed by atoms with van der Waals surface area (Å²) in [5.41, 5.74) is 0. The summed E-state index contributed by atoms with van der Waals surface area (Å²) in [7, 11) is -3.67. The molecule has 1 rings (SSSR count). The van der Waals surface area contributed by atoms with E-state index in [-0.39, 0.29) is 4.90 Å². The smallest absolute Gasteiger partial charge is 0.238 e. The first-order valence-corrected chi connectivity index (χ1v) is 9.74. The lowest BCUT2D eigenvalue weighted by Gasteiger charge is -2.09. The summed E-state index contributed by atoms with van der Waals surface area (Å²) in [5.74, 6) is 0.647. The molecule has 0 atom stereocenters. The van der Waals surface area contributed by atoms with Gasteiger partial charge in [0.2, 0.25) is 10.0 Å². The van der Waals surface area contributed by atoms with Gasteiger partial charge in [-0.15, -0.1) is 0 Å². The fourth-order valence-electron chi connectivity index (χ4n) is 2.02. The Kier molecular flexibility index (Phi) is 8.29. The minimum Gasteiger partial charge on any atom is -0.492 e. The van der Waals surface area contributed by atoms with Gasteiger partial charge in [0.15, 0.2) is 0 Å². The van der Waals surface area contributed by atoms with Gasteiger partial charge in [-0.2, -0.15) is 0 Å². The van der Waals surface area contributed by atoms with Crippen molar-refractivity contribution < 1.29 is 13.2 Å². The van der Waals surface area contributed by atoms with E-state index in [1.165, 1.54) is 44.2 Å². The number of unbranched alkanes of at least 4 members (excludes halogenated alkanes) is 6. The van der Waals surface area contributed by atoms with Gasteiger partial charge in [0.1, 0.15) is 5.75 Å². The van der Waals surface area contributed by atoms with E-state index in [4.69, 9.17) is 9.88 Å². The van der Waals surface area contributed by atoms with Crippen molar-refractivity contribution in [3.8, 4) is 5.75 Å². The largest absolute Gasteiger partial charge is 0.492 e. The topological polar surface area (TPSA) is 69.4 Å². The maximum atomic E-state index is 11.2. The summed E-state index contributed by atoms with van der Waals surface area (Å²) in [6.45, 7) is 2.86. The number of primary sulfonamides is 1. The highest BCUT2D eigenvalue weighted by atomic mass is 79.9. The van der Waals surface area contributed by atoms with Crippen molar-refractivity contribution in [1.29, 1.82) is 0 Å². The van der Waals surface area contributed by atoms with Crippen LogP contribution >= 0.6 is 15.9 Å². The van der Waals surface area contributed by atoms with Crippen molar-refractivity contribution in [2.24, 2.45) is 5.14 Å². The zero-order valence-electron chi connectivity index (χ0n) is 12.5. The normalized spacial score (nSPS) is 11.6. The third-order valence-corrected chi connectivity index (χ3v) is 4.77. The van der Waals surface area contributed by atoms with Crippen LogP contribution < -0.4 is 9.88 Å². The number of hydrogen-bond acceptors (Lipinski definition) is 3. The van der Waals surface area contributed by atoms with E-state index in [2.05, 4.69) is 22.9 Å². The van der Waals surface area contributed by atoms with Crippen LogP contribution in [0.5, 0.6) is 5.75 Å². The standard InChI is InChI=1S/C15H24BrNO3S/c1-2-3-4-5-6-7-8-11-20-15-10-9-13(12-14(15)16)21(17,18)19/h9-10,12H,2-8,11H2,1H3,(H2,17,18,19). The van der Waals surface area contributed by atoms with Crippen LogP contribution in [0.15, 0.2) is 27.6 Å². The lowest BCUT2D eigenvalue weighted by atomic mass is 10.1. The maximum Gasteiger partial charge on any atom is 0.238 e. The van der Waals surface area contributed by atoms with Gasteiger partial charge in [-0.05, 0) is 40.5 Å². The van der Waals surface area contributed by atoms with E-state index >= 15 is 0 Å². The number of halogens is 1. The molecule has 0 spiro atoms. The van der Waals surface area contributed by atoms with Gasteiger partial charge in [-0.3, -0.25) is 0 Å². The van der Waals surface area contributed by atoms with Crippen molar-refractivity contribution in [2.75, 3.05) is 6.61 Å². The molecule has 0 radical (unpaired) electrons. The lowest BCUT2D eigenvalue weighted by molar-refractivity contribution is 0.302. The number of hydrogen-bond donors (Lipinski definition) is 1. The summed E-state index contributed by atoms with van der Waals surface area (Å²) < 4.78 is 28.7. The maximum absolute atomic E-state index is 11.2. The summed E-state index contributed by atoms with van der Waals surface area (Å²) in [6.07, 6.45) is 8.62. The van der Waals surface area contributed by atoms with Gasteiger partial charge in [-0.1, -0.05) is 45.4 Å². The number of nitrogens with two attached hydrogens (primary N) is 1. The number of sulfonamides is 1. The molecule has 21 heavy (non-hydrogen) atoms. The van der Waals surface area contributed by atoms with Crippen molar-refractivity contribution in [3.63, 3.8) is 0 Å². The second-order valence-electron chi connectivity index (χ2n) is 5.11. The van der Waals surface area contributed by atoms with Crippen LogP contribution in [0.3, 0.4) is 0 Å². The second-order valence-corrected chi connectivity index (χ2v) is 7.52. The first kappa shape index (κ1) is 18.5. The zero-order valence-corrected chi connectivity index (χ0v) is 14.9. The van der Waals surface area contributed by atoms with Gasteiger partial charge < -0.3 is 4.74 Å². The molecule has 0 fully saturated rings. The highest BCUT2D eigenvalue weighted by Gasteiger charge is 2.10. The summed E-state index contributed by atoms with van der Waals surface area (Å²) in [5, 5.41) is 5.08. The van der Waals surface area contributed by atoms with Crippen LogP contribution in [0.25, 0.3) is 0 Å². The molecule has 0 unspecified atom stereocenters. The third kappa shape index (κ3) is 7.29. The highest BCUT2D eigenvalue weighted by Crippen LogP contribution is 2.27. The fraction of sp³-hybridized carbons (Fsp3) is 0.600. The Bertz CT molecular complexity index is 532. The van der Waals surface area contributed by atoms with Gasteiger partial charge >= 0.3 is 0 Å². The summed E-state index contributed by atoms with van der Waals surface area (Å²) in [6, 6.07) is 4.56. The molecular formula is C15H24BrNO3S. The number of ether oxygens (including phenoxy) is 1. The van der Waals surface area contributed by atoms with Crippen molar-refractivity contribution >= 4 is 26.0 Å². The molecule has 120 valence electrons. The molecule has 1 aromatic carbocycles. The molecule has 0 aliphatic carbocycles. The molecule has 1 aromatic rings. The molecule has 0 aromatic heterocycles. The van der Waals surface area contributed by atoms with Crippen molar-refractivity contribution in [1.82, 2.24) is 0 Å². The third-order valence-electron chi connectivity index (χ3n) is 3.24. The average Bonchev–Trinajstić information content (AvgIpc) is 2.42. The fourth-order valence-corrected chi connectivity index (χ4v) is 3.20. The second kappa shape index (κ2) is 9.43. The zero-order chi connectivity index (χ0) is 15.7. The van der Waals surface area contributed by atoms with Crippen molar-refractivity contribution in [3.05, 3.63) is 22.7 Å². The SMILES string of the molecule is CCCCCCCCCOc1ccc(S(N)(=O)=O)cc1Br. The van der Waals surface area contributed by atoms with Gasteiger partial charge in [-0.25, -0.2) is 13.6 Å². The molecule has 0 saturated carbocycles. The molecule has 0 amide bonds. The van der Waals surface area contributed by atoms with E-state index in [1.807, 2.05) is 0 Å². The Hall–Kier alpha value is -0.590. The van der Waals surface area contributed by atoms with E-state index in [9.17, 15) is 8.42 Å². The van der Waals surface area contributed by atoms with E-state index in [0.29, 0.717) is 16.8 Å². The highest BCUT2D eigenvalue weighted by molar-refractivity contribution is 9.10. The summed E-state index contributed by atoms with van der Waals surface area (Å²) in [4.78, 5) is 0.0812. The van der Waals surface area contributed by atoms with Crippen LogP contribution in [0.1, 0.15) is 51.9 Å². The molecule has 0 aliphatic rings. The van der Waals surface area contributed by atoms with Crippen LogP contribution in [-0.4, -0.2) is 15.0 Å². The van der Waals surface area contributed by atoms with Crippen LogP contribution in [0.2, 0.25) is 0 Å². The lowest BCUT2D eigenvalue weighted by Crippen LogP contribution is -2.12. The monoisotopic (exact) mass is 377 g/mol. The first-order chi connectivity index (χ1) is 9.95. The van der Waals surface area contributed by atoms with Crippen LogP contribution in [0.4, 0.5) is 0 Å². The number of rotatable bonds is 10. The molecule has 6 heteroatoms. The molecule has 0 aliphatic heterocycles. The predicted molar refractivity (Wildman–Crippen MR) is 89.0 cm³/mol. The molecule has 0 saturated heterocycles. The Balaban J connectivity index is 2.30. The predicted octanol–water partition coefficient (Wildman–Crippen LogP) is 4.23. The van der Waals surface area contributed by atoms with Gasteiger partial charge in [0, 0.05) is 0 Å². The van der Waals surface area contributed by atoms with E-state index < -0.39 is 10.0 Å². The number of benzene rings is 1. The van der Waals surface area contributed by atoms with Crippen LogP contribution in [0, 0.1) is 0 Å². The quantitative estimate of drug-likeness (QED) is 0.620. The Morgan fingerprint density at radius 1 is 1.10 bits per heavy atom. The van der Waals surface area contributed by atoms with Gasteiger partial charge in [0.05, 0.1) is 16.0 Å². The Morgan fingerprint density at radius 2 is 1.71 bits per heavy atom. The molecule has 0 heterocycles. The molecular weight excluding hydrogens is 354 g/mol. The van der Waals surface area contributed by atoms with E-state index in [0.717, 1.165) is 12.8 Å². The van der Waals surface area contributed by atoms with Crippen molar-refractivity contribution in [2.45, 2.75) is 56.8 Å². The average molecular weight is 378 g/mol. The van der Waals surface area contributed by atoms with E-state index in [1.54, 1.807) is 6.07 Å². The molecule has 0 bridgehead atoms. The minimum absolute atomic E-state index is 0.0812. The first-order valence-electron chi connectivity index (χ1n) is 7.40. The molecule has 2 N–H and O–H groups in total. The molecule has 4 nitrogen and oxygen atoms in total.